The van der Waals surface area contributed by atoms with Crippen LogP contribution in [0.2, 0.25) is 0 Å². The first-order valence-corrected chi connectivity index (χ1v) is 8.36. The molecule has 0 spiro atoms. The maximum Gasteiger partial charge on any atom is 0.254 e. The molecule has 23 heavy (non-hydrogen) atoms. The Morgan fingerprint density at radius 1 is 1.04 bits per heavy atom. The van der Waals surface area contributed by atoms with Gasteiger partial charge in [0.25, 0.3) is 5.91 Å². The molecule has 0 atom stereocenters. The van der Waals surface area contributed by atoms with Crippen LogP contribution in [0.3, 0.4) is 0 Å². The predicted octanol–water partition coefficient (Wildman–Crippen LogP) is 3.50. The molecule has 4 nitrogen and oxygen atoms in total. The van der Waals surface area contributed by atoms with Crippen molar-refractivity contribution >= 4 is 21.8 Å². The van der Waals surface area contributed by atoms with Crippen molar-refractivity contribution in [3.05, 3.63) is 64.1 Å². The Bertz CT molecular complexity index is 649. The second-order valence-electron chi connectivity index (χ2n) is 5.34. The zero-order valence-electron chi connectivity index (χ0n) is 12.7. The first kappa shape index (κ1) is 16.0. The number of benzene rings is 2. The maximum atomic E-state index is 12.4. The molecule has 1 saturated heterocycles. The van der Waals surface area contributed by atoms with Crippen LogP contribution in [-0.4, -0.2) is 37.1 Å². The van der Waals surface area contributed by atoms with Crippen LogP contribution in [0.25, 0.3) is 0 Å². The molecule has 0 unspecified atom stereocenters. The smallest absolute Gasteiger partial charge is 0.254 e. The Morgan fingerprint density at radius 2 is 1.70 bits per heavy atom. The third kappa shape index (κ3) is 4.33. The summed E-state index contributed by atoms with van der Waals surface area (Å²) >= 11 is 3.40. The fraction of sp³-hybridized carbons (Fsp3) is 0.278. The van der Waals surface area contributed by atoms with Gasteiger partial charge in [-0.05, 0) is 42.0 Å². The molecule has 0 aromatic heterocycles. The summed E-state index contributed by atoms with van der Waals surface area (Å²) in [6, 6.07) is 15.3. The van der Waals surface area contributed by atoms with Crippen LogP contribution >= 0.6 is 15.9 Å². The van der Waals surface area contributed by atoms with Crippen molar-refractivity contribution in [2.75, 3.05) is 26.3 Å². The number of carbonyl (C=O) groups is 1. The number of hydrogen-bond donors (Lipinski definition) is 0. The SMILES string of the molecule is O=C(c1ccc(COc2ccc(Br)cc2)cc1)N1CCOCC1. The lowest BCUT2D eigenvalue weighted by Gasteiger charge is -2.26. The van der Waals surface area contributed by atoms with Crippen LogP contribution in [0, 0.1) is 0 Å². The van der Waals surface area contributed by atoms with Gasteiger partial charge in [0, 0.05) is 23.1 Å². The van der Waals surface area contributed by atoms with Crippen molar-refractivity contribution in [1.29, 1.82) is 0 Å². The lowest BCUT2D eigenvalue weighted by molar-refractivity contribution is 0.0303. The van der Waals surface area contributed by atoms with Crippen molar-refractivity contribution in [3.8, 4) is 5.75 Å². The van der Waals surface area contributed by atoms with Crippen molar-refractivity contribution in [3.63, 3.8) is 0 Å². The van der Waals surface area contributed by atoms with Crippen LogP contribution in [0.4, 0.5) is 0 Å². The van der Waals surface area contributed by atoms with Crippen LogP contribution in [0.1, 0.15) is 15.9 Å². The number of ether oxygens (including phenoxy) is 2. The normalized spacial score (nSPS) is 14.6. The van der Waals surface area contributed by atoms with Gasteiger partial charge in [-0.1, -0.05) is 28.1 Å². The molecule has 0 N–H and O–H groups in total. The minimum absolute atomic E-state index is 0.0636. The fourth-order valence-electron chi connectivity index (χ4n) is 2.39. The van der Waals surface area contributed by atoms with Crippen molar-refractivity contribution < 1.29 is 14.3 Å². The predicted molar refractivity (Wildman–Crippen MR) is 91.6 cm³/mol. The highest BCUT2D eigenvalue weighted by atomic mass is 79.9. The minimum Gasteiger partial charge on any atom is -0.489 e. The van der Waals surface area contributed by atoms with Gasteiger partial charge in [-0.25, -0.2) is 0 Å². The summed E-state index contributed by atoms with van der Waals surface area (Å²) in [5, 5.41) is 0. The van der Waals surface area contributed by atoms with Crippen LogP contribution in [-0.2, 0) is 11.3 Å². The third-order valence-electron chi connectivity index (χ3n) is 3.72. The molecule has 1 amide bonds. The monoisotopic (exact) mass is 375 g/mol. The summed E-state index contributed by atoms with van der Waals surface area (Å²) in [4.78, 5) is 14.2. The molecule has 0 aliphatic carbocycles. The molecule has 0 bridgehead atoms. The highest BCUT2D eigenvalue weighted by Gasteiger charge is 2.18. The van der Waals surface area contributed by atoms with Gasteiger partial charge >= 0.3 is 0 Å². The summed E-state index contributed by atoms with van der Waals surface area (Å²) in [5.74, 6) is 0.885. The fourth-order valence-corrected chi connectivity index (χ4v) is 2.65. The number of rotatable bonds is 4. The van der Waals surface area contributed by atoms with Gasteiger partial charge in [0.05, 0.1) is 13.2 Å². The van der Waals surface area contributed by atoms with E-state index < -0.39 is 0 Å². The van der Waals surface area contributed by atoms with Gasteiger partial charge in [0.1, 0.15) is 12.4 Å². The lowest BCUT2D eigenvalue weighted by Crippen LogP contribution is -2.40. The number of morpholine rings is 1. The zero-order chi connectivity index (χ0) is 16.1. The highest BCUT2D eigenvalue weighted by molar-refractivity contribution is 9.10. The van der Waals surface area contributed by atoms with E-state index in [4.69, 9.17) is 9.47 Å². The first-order chi connectivity index (χ1) is 11.2. The second-order valence-corrected chi connectivity index (χ2v) is 6.26. The summed E-state index contributed by atoms with van der Waals surface area (Å²) < 4.78 is 12.0. The Kier molecular flexibility index (Phi) is 5.31. The second kappa shape index (κ2) is 7.62. The largest absolute Gasteiger partial charge is 0.489 e. The van der Waals surface area contributed by atoms with Gasteiger partial charge in [0.2, 0.25) is 0 Å². The van der Waals surface area contributed by atoms with Gasteiger partial charge in [0.15, 0.2) is 0 Å². The summed E-state index contributed by atoms with van der Waals surface area (Å²) in [5.41, 5.74) is 1.74. The third-order valence-corrected chi connectivity index (χ3v) is 4.25. The van der Waals surface area contributed by atoms with E-state index in [0.29, 0.717) is 38.5 Å². The molecule has 0 saturated carbocycles. The van der Waals surface area contributed by atoms with E-state index in [2.05, 4.69) is 15.9 Å². The number of halogens is 1. The summed E-state index contributed by atoms with van der Waals surface area (Å²) in [7, 11) is 0. The lowest BCUT2D eigenvalue weighted by atomic mass is 10.1. The molecule has 5 heteroatoms. The molecule has 1 fully saturated rings. The molecule has 1 aliphatic heterocycles. The molecule has 0 radical (unpaired) electrons. The van der Waals surface area contributed by atoms with Crippen molar-refractivity contribution in [1.82, 2.24) is 4.90 Å². The van der Waals surface area contributed by atoms with Gasteiger partial charge in [-0.2, -0.15) is 0 Å². The van der Waals surface area contributed by atoms with Crippen molar-refractivity contribution in [2.24, 2.45) is 0 Å². The molecule has 2 aromatic rings. The number of amides is 1. The molecule has 120 valence electrons. The average molecular weight is 376 g/mol. The zero-order valence-corrected chi connectivity index (χ0v) is 14.3. The van der Waals surface area contributed by atoms with Gasteiger partial charge in [-0.3, -0.25) is 4.79 Å². The summed E-state index contributed by atoms with van der Waals surface area (Å²) in [6.45, 7) is 3.03. The van der Waals surface area contributed by atoms with Gasteiger partial charge in [-0.15, -0.1) is 0 Å². The number of carbonyl (C=O) groups excluding carboxylic acids is 1. The quantitative estimate of drug-likeness (QED) is 0.820. The molecule has 1 heterocycles. The van der Waals surface area contributed by atoms with Crippen LogP contribution in [0.15, 0.2) is 53.0 Å². The molecule has 2 aromatic carbocycles. The van der Waals surface area contributed by atoms with Crippen LogP contribution < -0.4 is 4.74 Å². The van der Waals surface area contributed by atoms with Gasteiger partial charge < -0.3 is 14.4 Å². The van der Waals surface area contributed by atoms with E-state index in [0.717, 1.165) is 15.8 Å². The van der Waals surface area contributed by atoms with E-state index in [1.54, 1.807) is 0 Å². The van der Waals surface area contributed by atoms with E-state index >= 15 is 0 Å². The Balaban J connectivity index is 1.58. The highest BCUT2D eigenvalue weighted by Crippen LogP contribution is 2.18. The maximum absolute atomic E-state index is 12.4. The molecule has 1 aliphatic rings. The number of nitrogens with zero attached hydrogens (tertiary/aromatic N) is 1. The van der Waals surface area contributed by atoms with Crippen LogP contribution in [0.5, 0.6) is 5.75 Å². The molecular formula is C18H18BrNO3. The average Bonchev–Trinajstić information content (AvgIpc) is 2.62. The molecular weight excluding hydrogens is 358 g/mol. The van der Waals surface area contributed by atoms with E-state index in [9.17, 15) is 4.79 Å². The van der Waals surface area contributed by atoms with E-state index in [1.165, 1.54) is 0 Å². The first-order valence-electron chi connectivity index (χ1n) is 7.57. The Morgan fingerprint density at radius 3 is 2.35 bits per heavy atom. The van der Waals surface area contributed by atoms with E-state index in [1.807, 2.05) is 53.4 Å². The minimum atomic E-state index is 0.0636. The summed E-state index contributed by atoms with van der Waals surface area (Å²) in [6.07, 6.45) is 0. The number of hydrogen-bond acceptors (Lipinski definition) is 3. The topological polar surface area (TPSA) is 38.8 Å². The molecule has 3 rings (SSSR count). The Labute approximate surface area is 144 Å². The Hall–Kier alpha value is -1.85. The van der Waals surface area contributed by atoms with E-state index in [-0.39, 0.29) is 5.91 Å². The van der Waals surface area contributed by atoms with Crippen molar-refractivity contribution in [2.45, 2.75) is 6.61 Å². The standard InChI is InChI=1S/C18H18BrNO3/c19-16-5-7-17(8-6-16)23-13-14-1-3-15(4-2-14)18(21)20-9-11-22-12-10-20/h1-8H,9-13H2.